The Hall–Kier alpha value is 0.0500. The van der Waals surface area contributed by atoms with E-state index in [9.17, 15) is 0 Å². The summed E-state index contributed by atoms with van der Waals surface area (Å²) in [7, 11) is 11.4. The van der Waals surface area contributed by atoms with Crippen molar-refractivity contribution in [2.75, 3.05) is 42.3 Å². The summed E-state index contributed by atoms with van der Waals surface area (Å²) >= 11 is 0. The van der Waals surface area contributed by atoms with Crippen LogP contribution in [-0.2, 0) is 0 Å². The minimum absolute atomic E-state index is 0.229. The predicted molar refractivity (Wildman–Crippen MR) is 76.6 cm³/mol. The van der Waals surface area contributed by atoms with Gasteiger partial charge in [0.05, 0.1) is 0 Å². The van der Waals surface area contributed by atoms with Crippen LogP contribution in [0.4, 0.5) is 0 Å². The molecule has 16 heavy (non-hydrogen) atoms. The van der Waals surface area contributed by atoms with Gasteiger partial charge in [0.25, 0.3) is 7.71 Å². The lowest BCUT2D eigenvalue weighted by Gasteiger charge is -2.37. The second-order valence-electron chi connectivity index (χ2n) is 5.84. The third kappa shape index (κ3) is 3.81. The molecular weight excluding hydrogens is 217 g/mol. The highest BCUT2D eigenvalue weighted by Gasteiger charge is 2.45. The van der Waals surface area contributed by atoms with Gasteiger partial charge in [-0.05, 0) is 11.5 Å². The fourth-order valence-corrected chi connectivity index (χ4v) is 5.39. The normalized spacial score (nSPS) is 14.8. The quantitative estimate of drug-likeness (QED) is 0.706. The van der Waals surface area contributed by atoms with Gasteiger partial charge in [-0.1, -0.05) is 20.8 Å². The molecule has 0 aromatic heterocycles. The molecule has 0 atom stereocenters. The van der Waals surface area contributed by atoms with E-state index in [1.54, 1.807) is 0 Å². The molecule has 0 saturated carbocycles. The van der Waals surface area contributed by atoms with Gasteiger partial charge in [-0.25, -0.2) is 0 Å². The predicted octanol–water partition coefficient (Wildman–Crippen LogP) is 2.99. The zero-order valence-corrected chi connectivity index (χ0v) is 13.3. The summed E-state index contributed by atoms with van der Waals surface area (Å²) in [6.07, 6.45) is 2.32. The Bertz CT molecular complexity index is 217. The molecule has 0 aliphatic heterocycles. The summed E-state index contributed by atoms with van der Waals surface area (Å²) in [4.78, 5) is 0. The standard InChI is InChI=1S/C12H29N3P/c1-12(2,3)10-11-16(13(4)5,14(6)7)15(8)9/h10-11H,1-9H3/q+1/b11-10+. The van der Waals surface area contributed by atoms with Crippen LogP contribution >= 0.6 is 7.71 Å². The molecule has 3 nitrogen and oxygen atoms in total. The van der Waals surface area contributed by atoms with E-state index >= 15 is 0 Å². The van der Waals surface area contributed by atoms with E-state index < -0.39 is 7.71 Å². The van der Waals surface area contributed by atoms with Crippen LogP contribution < -0.4 is 0 Å². The number of nitrogens with zero attached hydrogens (tertiary/aromatic N) is 3. The molecule has 0 rings (SSSR count). The van der Waals surface area contributed by atoms with Crippen LogP contribution in [0.5, 0.6) is 0 Å². The molecular formula is C12H29N3P+. The van der Waals surface area contributed by atoms with E-state index in [0.717, 1.165) is 0 Å². The lowest BCUT2D eigenvalue weighted by Crippen LogP contribution is -2.34. The Kier molecular flexibility index (Phi) is 5.61. The molecule has 0 aliphatic carbocycles. The Balaban J connectivity index is 5.30. The van der Waals surface area contributed by atoms with Crippen molar-refractivity contribution in [1.29, 1.82) is 0 Å². The Morgan fingerprint density at radius 2 is 1.06 bits per heavy atom. The fourth-order valence-electron chi connectivity index (χ4n) is 1.80. The van der Waals surface area contributed by atoms with Crippen LogP contribution in [-0.4, -0.2) is 56.3 Å². The maximum Gasteiger partial charge on any atom is 0.252 e. The zero-order chi connectivity index (χ0) is 13.1. The van der Waals surface area contributed by atoms with Crippen molar-refractivity contribution in [2.24, 2.45) is 5.41 Å². The number of rotatable bonds is 4. The first-order chi connectivity index (χ1) is 7.04. The van der Waals surface area contributed by atoms with E-state index in [1.807, 2.05) is 0 Å². The maximum absolute atomic E-state index is 2.38. The number of hydrogen-bond donors (Lipinski definition) is 0. The van der Waals surface area contributed by atoms with Crippen molar-refractivity contribution in [3.05, 3.63) is 11.9 Å². The van der Waals surface area contributed by atoms with E-state index in [1.165, 1.54) is 0 Å². The zero-order valence-electron chi connectivity index (χ0n) is 12.4. The Labute approximate surface area is 103 Å². The van der Waals surface area contributed by atoms with Crippen molar-refractivity contribution in [2.45, 2.75) is 20.8 Å². The van der Waals surface area contributed by atoms with Gasteiger partial charge in [0.2, 0.25) is 0 Å². The Morgan fingerprint density at radius 3 is 1.25 bits per heavy atom. The van der Waals surface area contributed by atoms with Gasteiger partial charge in [-0.15, -0.1) is 0 Å². The molecule has 0 aromatic carbocycles. The van der Waals surface area contributed by atoms with Crippen LogP contribution in [0.2, 0.25) is 0 Å². The van der Waals surface area contributed by atoms with Crippen LogP contribution in [0.1, 0.15) is 20.8 Å². The number of allylic oxidation sites excluding steroid dienone is 1. The summed E-state index contributed by atoms with van der Waals surface area (Å²) in [6.45, 7) is 6.71. The van der Waals surface area contributed by atoms with Gasteiger partial charge >= 0.3 is 0 Å². The van der Waals surface area contributed by atoms with Crippen LogP contribution in [0, 0.1) is 5.41 Å². The molecule has 0 radical (unpaired) electrons. The number of hydrogen-bond acceptors (Lipinski definition) is 3. The second kappa shape index (κ2) is 5.59. The first-order valence-electron chi connectivity index (χ1n) is 5.66. The minimum atomic E-state index is -1.49. The van der Waals surface area contributed by atoms with E-state index in [-0.39, 0.29) is 5.41 Å². The monoisotopic (exact) mass is 246 g/mol. The molecule has 0 bridgehead atoms. The molecule has 96 valence electrons. The lowest BCUT2D eigenvalue weighted by molar-refractivity contribution is 0.469. The third-order valence-electron chi connectivity index (χ3n) is 2.54. The molecule has 0 amide bonds. The third-order valence-corrected chi connectivity index (χ3v) is 6.62. The van der Waals surface area contributed by atoms with Gasteiger partial charge < -0.3 is 0 Å². The van der Waals surface area contributed by atoms with E-state index in [4.69, 9.17) is 0 Å². The summed E-state index contributed by atoms with van der Waals surface area (Å²) in [5.41, 5.74) is 0.229. The van der Waals surface area contributed by atoms with Crippen molar-refractivity contribution < 1.29 is 0 Å². The SMILES string of the molecule is CN(C)[P+](/C=C/C(C)(C)C)(N(C)C)N(C)C. The smallest absolute Gasteiger partial charge is 0.151 e. The molecule has 0 spiro atoms. The summed E-state index contributed by atoms with van der Waals surface area (Å²) in [5.74, 6) is 2.38. The van der Waals surface area contributed by atoms with Crippen molar-refractivity contribution in [3.8, 4) is 0 Å². The van der Waals surface area contributed by atoms with E-state index in [2.05, 4.69) is 89.0 Å². The van der Waals surface area contributed by atoms with Crippen molar-refractivity contribution >= 4 is 7.71 Å². The first-order valence-corrected chi connectivity index (χ1v) is 7.38. The minimum Gasteiger partial charge on any atom is -0.151 e. The van der Waals surface area contributed by atoms with Gasteiger partial charge in [0.1, 0.15) is 5.82 Å². The highest BCUT2D eigenvalue weighted by atomic mass is 31.2. The van der Waals surface area contributed by atoms with Gasteiger partial charge in [-0.3, -0.25) is 0 Å². The van der Waals surface area contributed by atoms with E-state index in [0.29, 0.717) is 0 Å². The van der Waals surface area contributed by atoms with Gasteiger partial charge in [0, 0.05) is 42.3 Å². The topological polar surface area (TPSA) is 9.72 Å². The second-order valence-corrected chi connectivity index (χ2v) is 9.77. The molecule has 0 saturated heterocycles. The van der Waals surface area contributed by atoms with Crippen LogP contribution in [0.25, 0.3) is 0 Å². The summed E-state index contributed by atoms with van der Waals surface area (Å²) < 4.78 is 6.99. The molecule has 0 aromatic rings. The highest BCUT2D eigenvalue weighted by Crippen LogP contribution is 2.65. The molecule has 0 N–H and O–H groups in total. The molecule has 0 heterocycles. The molecule has 0 unspecified atom stereocenters. The van der Waals surface area contributed by atoms with Crippen molar-refractivity contribution in [1.82, 2.24) is 14.0 Å². The van der Waals surface area contributed by atoms with Crippen LogP contribution in [0.3, 0.4) is 0 Å². The molecule has 0 aliphatic rings. The largest absolute Gasteiger partial charge is 0.252 e. The lowest BCUT2D eigenvalue weighted by atomic mass is 9.98. The molecule has 0 fully saturated rings. The first kappa shape index (κ1) is 16.1. The van der Waals surface area contributed by atoms with Crippen molar-refractivity contribution in [3.63, 3.8) is 0 Å². The maximum atomic E-state index is 2.38. The average molecular weight is 246 g/mol. The Morgan fingerprint density at radius 1 is 0.750 bits per heavy atom. The highest BCUT2D eigenvalue weighted by molar-refractivity contribution is 7.71. The molecule has 4 heteroatoms. The average Bonchev–Trinajstić information content (AvgIpc) is 2.00. The summed E-state index contributed by atoms with van der Waals surface area (Å²) in [5, 5.41) is 0. The van der Waals surface area contributed by atoms with Gasteiger partial charge in [-0.2, -0.15) is 14.0 Å². The summed E-state index contributed by atoms with van der Waals surface area (Å²) in [6, 6.07) is 0. The van der Waals surface area contributed by atoms with Crippen LogP contribution in [0.15, 0.2) is 11.9 Å². The van der Waals surface area contributed by atoms with Gasteiger partial charge in [0.15, 0.2) is 0 Å². The fraction of sp³-hybridized carbons (Fsp3) is 0.833.